The summed E-state index contributed by atoms with van der Waals surface area (Å²) < 4.78 is 5.72. The number of ether oxygens (including phenoxy) is 1. The molecule has 3 N–H and O–H groups in total. The first-order chi connectivity index (χ1) is 8.06. The third kappa shape index (κ3) is 2.33. The van der Waals surface area contributed by atoms with Crippen LogP contribution in [0.15, 0.2) is 29.1 Å². The van der Waals surface area contributed by atoms with Gasteiger partial charge in [0.1, 0.15) is 0 Å². The van der Waals surface area contributed by atoms with Crippen molar-refractivity contribution in [1.82, 2.24) is 14.8 Å². The smallest absolute Gasteiger partial charge is 0.392 e. The van der Waals surface area contributed by atoms with Crippen LogP contribution in [0.3, 0.4) is 0 Å². The lowest BCUT2D eigenvalue weighted by Crippen LogP contribution is -2.17. The van der Waals surface area contributed by atoms with Crippen LogP contribution in [0.25, 0.3) is 5.82 Å². The quantitative estimate of drug-likeness (QED) is 0.781. The largest absolute Gasteiger partial charge is 0.411 e. The zero-order valence-corrected chi connectivity index (χ0v) is 9.01. The maximum atomic E-state index is 11.6. The number of pyridine rings is 1. The summed E-state index contributed by atoms with van der Waals surface area (Å²) in [6, 6.07) is 6.34. The summed E-state index contributed by atoms with van der Waals surface area (Å²) in [5.41, 5.74) is 5.21. The zero-order chi connectivity index (χ0) is 12.4. The highest BCUT2D eigenvalue weighted by Gasteiger charge is 2.08. The lowest BCUT2D eigenvalue weighted by molar-refractivity contribution is 0.209. The number of nitrogens with one attached hydrogen (secondary N) is 1. The van der Waals surface area contributed by atoms with Gasteiger partial charge in [-0.15, -0.1) is 0 Å². The van der Waals surface area contributed by atoms with Crippen LogP contribution in [0.4, 0.5) is 4.79 Å². The van der Waals surface area contributed by atoms with E-state index in [1.54, 1.807) is 25.1 Å². The van der Waals surface area contributed by atoms with E-state index in [4.69, 9.17) is 5.73 Å². The van der Waals surface area contributed by atoms with Crippen molar-refractivity contribution >= 4 is 6.09 Å². The molecule has 2 rings (SSSR count). The molecule has 0 aromatic carbocycles. The van der Waals surface area contributed by atoms with Gasteiger partial charge in [-0.05, 0) is 19.1 Å². The molecule has 7 nitrogen and oxygen atoms in total. The summed E-state index contributed by atoms with van der Waals surface area (Å²) in [5.74, 6) is 0.389. The second-order valence-electron chi connectivity index (χ2n) is 3.35. The normalized spacial score (nSPS) is 10.2. The van der Waals surface area contributed by atoms with Crippen LogP contribution in [-0.4, -0.2) is 20.9 Å². The van der Waals surface area contributed by atoms with E-state index < -0.39 is 6.09 Å². The Morgan fingerprint density at radius 3 is 2.94 bits per heavy atom. The van der Waals surface area contributed by atoms with Crippen molar-refractivity contribution in [3.63, 3.8) is 0 Å². The highest BCUT2D eigenvalue weighted by Crippen LogP contribution is 2.06. The van der Waals surface area contributed by atoms with Gasteiger partial charge in [0.15, 0.2) is 5.82 Å². The van der Waals surface area contributed by atoms with Gasteiger partial charge >= 0.3 is 6.09 Å². The number of H-pyrrole nitrogens is 1. The molecule has 0 fully saturated rings. The fourth-order valence-electron chi connectivity index (χ4n) is 1.36. The number of aromatic amines is 1. The van der Waals surface area contributed by atoms with E-state index in [1.165, 1.54) is 0 Å². The molecule has 0 aliphatic rings. The molecule has 0 spiro atoms. The van der Waals surface area contributed by atoms with E-state index in [0.717, 1.165) is 16.4 Å². The lowest BCUT2D eigenvalue weighted by atomic mass is 10.4. The van der Waals surface area contributed by atoms with Crippen LogP contribution in [0.1, 0.15) is 5.69 Å². The van der Waals surface area contributed by atoms with Gasteiger partial charge < -0.3 is 10.5 Å². The maximum absolute atomic E-state index is 11.6. The molecule has 0 atom stereocenters. The van der Waals surface area contributed by atoms with Crippen molar-refractivity contribution in [2.24, 2.45) is 5.73 Å². The van der Waals surface area contributed by atoms with Crippen molar-refractivity contribution in [1.29, 1.82) is 0 Å². The summed E-state index contributed by atoms with van der Waals surface area (Å²) in [7, 11) is 0. The van der Waals surface area contributed by atoms with Gasteiger partial charge in [0.2, 0.25) is 5.88 Å². The van der Waals surface area contributed by atoms with Crippen molar-refractivity contribution in [3.8, 4) is 11.7 Å². The average molecular weight is 234 g/mol. The third-order valence-electron chi connectivity index (χ3n) is 2.01. The molecule has 0 saturated heterocycles. The summed E-state index contributed by atoms with van der Waals surface area (Å²) in [6.45, 7) is 1.80. The fourth-order valence-corrected chi connectivity index (χ4v) is 1.36. The number of nitrogens with zero attached hydrogens (tertiary/aromatic N) is 2. The average Bonchev–Trinajstić information content (AvgIpc) is 2.58. The number of aryl methyl sites for hydroxylation is 1. The summed E-state index contributed by atoms with van der Waals surface area (Å²) in [6.07, 6.45) is -0.990. The van der Waals surface area contributed by atoms with E-state index in [1.807, 2.05) is 0 Å². The van der Waals surface area contributed by atoms with Gasteiger partial charge in [-0.25, -0.2) is 9.78 Å². The molecule has 0 radical (unpaired) electrons. The Bertz CT molecular complexity index is 614. The predicted molar refractivity (Wildman–Crippen MR) is 59.1 cm³/mol. The highest BCUT2D eigenvalue weighted by molar-refractivity contribution is 5.67. The molecule has 2 aromatic heterocycles. The Kier molecular flexibility index (Phi) is 2.65. The number of rotatable bonds is 2. The Labute approximate surface area is 95.8 Å². The van der Waals surface area contributed by atoms with Crippen LogP contribution < -0.4 is 16.0 Å². The molecule has 0 aliphatic carbocycles. The summed E-state index contributed by atoms with van der Waals surface area (Å²) in [4.78, 5) is 26.3. The first-order valence-corrected chi connectivity index (χ1v) is 4.79. The molecule has 1 amide bonds. The summed E-state index contributed by atoms with van der Waals surface area (Å²) in [5, 5.41) is 2.57. The Hall–Kier alpha value is -2.57. The number of aromatic nitrogens is 3. The number of hydrogen-bond acceptors (Lipinski definition) is 4. The number of nitrogens with two attached hydrogens (primary N) is 1. The molecule has 17 heavy (non-hydrogen) atoms. The molecule has 7 heteroatoms. The Morgan fingerprint density at radius 1 is 1.53 bits per heavy atom. The highest BCUT2D eigenvalue weighted by atomic mass is 16.6. The van der Waals surface area contributed by atoms with Gasteiger partial charge in [0.05, 0.1) is 6.07 Å². The van der Waals surface area contributed by atoms with Crippen LogP contribution in [0.2, 0.25) is 0 Å². The molecule has 88 valence electrons. The van der Waals surface area contributed by atoms with Crippen LogP contribution in [0, 0.1) is 6.92 Å². The van der Waals surface area contributed by atoms with Crippen molar-refractivity contribution < 1.29 is 9.53 Å². The second kappa shape index (κ2) is 4.12. The van der Waals surface area contributed by atoms with Crippen molar-refractivity contribution in [2.75, 3.05) is 0 Å². The predicted octanol–water partition coefficient (Wildman–Crippen LogP) is 0.327. The fraction of sp³-hybridized carbons (Fsp3) is 0.100. The zero-order valence-electron chi connectivity index (χ0n) is 9.01. The first kappa shape index (κ1) is 10.9. The monoisotopic (exact) mass is 234 g/mol. The molecule has 2 aromatic rings. The van der Waals surface area contributed by atoms with Gasteiger partial charge in [-0.3, -0.25) is 9.89 Å². The molecular weight excluding hydrogens is 224 g/mol. The van der Waals surface area contributed by atoms with Gasteiger partial charge in [-0.1, -0.05) is 6.07 Å². The second-order valence-corrected chi connectivity index (χ2v) is 3.35. The SMILES string of the molecule is Cc1cccc(-n2[nH]c(OC(N)=O)cc2=O)n1. The minimum absolute atomic E-state index is 0.0224. The number of primary amides is 1. The van der Waals surface area contributed by atoms with E-state index >= 15 is 0 Å². The van der Waals surface area contributed by atoms with E-state index in [-0.39, 0.29) is 11.4 Å². The number of hydrogen-bond donors (Lipinski definition) is 2. The third-order valence-corrected chi connectivity index (χ3v) is 2.01. The number of amides is 1. The van der Waals surface area contributed by atoms with E-state index in [9.17, 15) is 9.59 Å². The molecule has 0 bridgehead atoms. The first-order valence-electron chi connectivity index (χ1n) is 4.79. The van der Waals surface area contributed by atoms with Crippen LogP contribution in [-0.2, 0) is 0 Å². The van der Waals surface area contributed by atoms with E-state index in [2.05, 4.69) is 14.8 Å². The van der Waals surface area contributed by atoms with Crippen LogP contribution >= 0.6 is 0 Å². The Balaban J connectivity index is 2.43. The standard InChI is InChI=1S/C10H10N4O3/c1-6-3-2-4-7(12-6)14-9(15)5-8(13-14)17-10(11)16/h2-5,13H,1H3,(H2,11,16). The van der Waals surface area contributed by atoms with Gasteiger partial charge in [-0.2, -0.15) is 4.68 Å². The summed E-state index contributed by atoms with van der Waals surface area (Å²) >= 11 is 0. The molecular formula is C10H10N4O3. The van der Waals surface area contributed by atoms with Crippen molar-refractivity contribution in [2.45, 2.75) is 6.92 Å². The lowest BCUT2D eigenvalue weighted by Gasteiger charge is -2.01. The number of carbonyl (C=O) groups is 1. The number of carbonyl (C=O) groups excluding carboxylic acids is 1. The van der Waals surface area contributed by atoms with Crippen molar-refractivity contribution in [3.05, 3.63) is 40.3 Å². The minimum Gasteiger partial charge on any atom is -0.392 e. The topological polar surface area (TPSA) is 103 Å². The molecule has 0 unspecified atom stereocenters. The van der Waals surface area contributed by atoms with E-state index in [0.29, 0.717) is 5.82 Å². The van der Waals surface area contributed by atoms with Gasteiger partial charge in [0.25, 0.3) is 5.56 Å². The molecule has 2 heterocycles. The molecule has 0 saturated carbocycles. The molecule has 0 aliphatic heterocycles. The van der Waals surface area contributed by atoms with Crippen LogP contribution in [0.5, 0.6) is 5.88 Å². The maximum Gasteiger partial charge on any atom is 0.411 e. The Morgan fingerprint density at radius 2 is 2.29 bits per heavy atom. The minimum atomic E-state index is -0.990. The van der Waals surface area contributed by atoms with Gasteiger partial charge in [0, 0.05) is 5.69 Å².